The van der Waals surface area contributed by atoms with Crippen LogP contribution in [0.25, 0.3) is 22.2 Å². The molecule has 0 aromatic carbocycles. The summed E-state index contributed by atoms with van der Waals surface area (Å²) in [6.45, 7) is 0. The molecule has 0 aliphatic heterocycles. The van der Waals surface area contributed by atoms with Crippen molar-refractivity contribution < 1.29 is 0 Å². The van der Waals surface area contributed by atoms with E-state index in [1.165, 1.54) is 0 Å². The molecule has 0 amide bonds. The van der Waals surface area contributed by atoms with Crippen molar-refractivity contribution in [2.45, 2.75) is 0 Å². The number of nitrogens with zero attached hydrogens (tertiary/aromatic N) is 4. The second-order valence-corrected chi connectivity index (χ2v) is 3.62. The molecule has 0 bridgehead atoms. The van der Waals surface area contributed by atoms with Crippen molar-refractivity contribution in [1.82, 2.24) is 20.2 Å². The number of nitrogens with two attached hydrogens (primary N) is 1. The van der Waals surface area contributed by atoms with E-state index in [-0.39, 0.29) is 0 Å². The second kappa shape index (κ2) is 3.79. The number of aromatic nitrogens is 4. The number of hydrogen-bond donors (Lipinski definition) is 1. The summed E-state index contributed by atoms with van der Waals surface area (Å²) < 4.78 is 0. The molecule has 0 aliphatic rings. The molecule has 5 heteroatoms. The Kier molecular flexibility index (Phi) is 2.15. The first-order chi connectivity index (χ1) is 8.34. The lowest BCUT2D eigenvalue weighted by molar-refractivity contribution is 1.03. The molecule has 0 radical (unpaired) electrons. The van der Waals surface area contributed by atoms with Crippen LogP contribution in [0.1, 0.15) is 0 Å². The predicted molar refractivity (Wildman–Crippen MR) is 65.0 cm³/mol. The largest absolute Gasteiger partial charge is 0.398 e. The molecule has 0 saturated carbocycles. The lowest BCUT2D eigenvalue weighted by atomic mass is 10.1. The number of anilines is 1. The SMILES string of the molecule is Nc1cc(-c2ccnnc2)nc2cnccc12. The lowest BCUT2D eigenvalue weighted by Crippen LogP contribution is -1.93. The van der Waals surface area contributed by atoms with Crippen LogP contribution < -0.4 is 5.73 Å². The van der Waals surface area contributed by atoms with Gasteiger partial charge >= 0.3 is 0 Å². The van der Waals surface area contributed by atoms with Crippen LogP contribution in [0.15, 0.2) is 43.0 Å². The average molecular weight is 223 g/mol. The minimum absolute atomic E-state index is 0.684. The Morgan fingerprint density at radius 1 is 1.00 bits per heavy atom. The summed E-state index contributed by atoms with van der Waals surface area (Å²) >= 11 is 0. The molecule has 0 fully saturated rings. The van der Waals surface area contributed by atoms with Crippen LogP contribution in [0, 0.1) is 0 Å². The molecule has 3 heterocycles. The van der Waals surface area contributed by atoms with E-state index in [9.17, 15) is 0 Å². The molecule has 3 aromatic rings. The van der Waals surface area contributed by atoms with Crippen LogP contribution in [0.5, 0.6) is 0 Å². The highest BCUT2D eigenvalue weighted by Gasteiger charge is 2.05. The fourth-order valence-corrected chi connectivity index (χ4v) is 1.70. The summed E-state index contributed by atoms with van der Waals surface area (Å²) in [6.07, 6.45) is 6.68. The molecule has 2 N–H and O–H groups in total. The van der Waals surface area contributed by atoms with Crippen LogP contribution in [0.3, 0.4) is 0 Å². The smallest absolute Gasteiger partial charge is 0.0913 e. The third kappa shape index (κ3) is 1.67. The van der Waals surface area contributed by atoms with Crippen molar-refractivity contribution in [3.63, 3.8) is 0 Å². The molecular formula is C12H9N5. The average Bonchev–Trinajstić information content (AvgIpc) is 2.40. The minimum Gasteiger partial charge on any atom is -0.398 e. The summed E-state index contributed by atoms with van der Waals surface area (Å²) in [4.78, 5) is 8.54. The van der Waals surface area contributed by atoms with Gasteiger partial charge in [-0.1, -0.05) is 0 Å². The lowest BCUT2D eigenvalue weighted by Gasteiger charge is -2.05. The van der Waals surface area contributed by atoms with Gasteiger partial charge in [-0.25, -0.2) is 4.98 Å². The van der Waals surface area contributed by atoms with Crippen molar-refractivity contribution >= 4 is 16.6 Å². The highest BCUT2D eigenvalue weighted by molar-refractivity contribution is 5.91. The molecule has 0 unspecified atom stereocenters. The zero-order chi connectivity index (χ0) is 11.7. The van der Waals surface area contributed by atoms with Crippen LogP contribution in [-0.2, 0) is 0 Å². The topological polar surface area (TPSA) is 77.6 Å². The standard InChI is InChI=1S/C12H9N5/c13-10-5-11(8-1-4-15-16-6-8)17-12-7-14-3-2-9(10)12/h1-7H,(H2,13,17). The van der Waals surface area contributed by atoms with E-state index in [1.807, 2.05) is 18.2 Å². The molecule has 0 saturated heterocycles. The van der Waals surface area contributed by atoms with Gasteiger partial charge in [0.15, 0.2) is 0 Å². The zero-order valence-corrected chi connectivity index (χ0v) is 8.91. The van der Waals surface area contributed by atoms with Gasteiger partial charge < -0.3 is 5.73 Å². The molecule has 82 valence electrons. The second-order valence-electron chi connectivity index (χ2n) is 3.62. The van der Waals surface area contributed by atoms with E-state index in [2.05, 4.69) is 20.2 Å². The van der Waals surface area contributed by atoms with Crippen LogP contribution in [0.4, 0.5) is 5.69 Å². The van der Waals surface area contributed by atoms with Gasteiger partial charge in [-0.3, -0.25) is 4.98 Å². The van der Waals surface area contributed by atoms with Crippen LogP contribution in [-0.4, -0.2) is 20.2 Å². The maximum absolute atomic E-state index is 5.99. The Balaban J connectivity index is 2.26. The summed E-state index contributed by atoms with van der Waals surface area (Å²) in [5, 5.41) is 8.47. The van der Waals surface area contributed by atoms with Gasteiger partial charge in [0, 0.05) is 22.8 Å². The van der Waals surface area contributed by atoms with E-state index in [0.29, 0.717) is 5.69 Å². The number of nitrogen functional groups attached to an aromatic ring is 1. The normalized spacial score (nSPS) is 10.6. The van der Waals surface area contributed by atoms with E-state index < -0.39 is 0 Å². The number of pyridine rings is 2. The zero-order valence-electron chi connectivity index (χ0n) is 8.91. The first-order valence-corrected chi connectivity index (χ1v) is 5.12. The summed E-state index contributed by atoms with van der Waals surface area (Å²) in [7, 11) is 0. The van der Waals surface area contributed by atoms with E-state index in [4.69, 9.17) is 5.73 Å². The van der Waals surface area contributed by atoms with Crippen molar-refractivity contribution in [2.24, 2.45) is 0 Å². The van der Waals surface area contributed by atoms with Gasteiger partial charge in [0.25, 0.3) is 0 Å². The molecule has 3 rings (SSSR count). The monoisotopic (exact) mass is 223 g/mol. The van der Waals surface area contributed by atoms with Crippen LogP contribution >= 0.6 is 0 Å². The van der Waals surface area contributed by atoms with Crippen molar-refractivity contribution in [3.05, 3.63) is 43.0 Å². The molecule has 5 nitrogen and oxygen atoms in total. The van der Waals surface area contributed by atoms with Gasteiger partial charge in [-0.15, -0.1) is 0 Å². The van der Waals surface area contributed by atoms with Gasteiger partial charge in [-0.2, -0.15) is 10.2 Å². The molecular weight excluding hydrogens is 214 g/mol. The third-order valence-electron chi connectivity index (χ3n) is 2.52. The number of hydrogen-bond acceptors (Lipinski definition) is 5. The quantitative estimate of drug-likeness (QED) is 0.679. The van der Waals surface area contributed by atoms with Crippen molar-refractivity contribution in [3.8, 4) is 11.3 Å². The minimum atomic E-state index is 0.684. The van der Waals surface area contributed by atoms with Crippen molar-refractivity contribution in [1.29, 1.82) is 0 Å². The Morgan fingerprint density at radius 3 is 2.76 bits per heavy atom. The van der Waals surface area contributed by atoms with Crippen molar-refractivity contribution in [2.75, 3.05) is 5.73 Å². The molecule has 0 atom stereocenters. The fourth-order valence-electron chi connectivity index (χ4n) is 1.70. The molecule has 17 heavy (non-hydrogen) atoms. The summed E-state index contributed by atoms with van der Waals surface area (Å²) in [5.74, 6) is 0. The van der Waals surface area contributed by atoms with Gasteiger partial charge in [0.1, 0.15) is 0 Å². The highest BCUT2D eigenvalue weighted by Crippen LogP contribution is 2.24. The first kappa shape index (κ1) is 9.65. The van der Waals surface area contributed by atoms with E-state index in [1.54, 1.807) is 24.8 Å². The molecule has 0 spiro atoms. The Bertz CT molecular complexity index is 666. The van der Waals surface area contributed by atoms with Gasteiger partial charge in [0.05, 0.1) is 29.8 Å². The Morgan fingerprint density at radius 2 is 1.94 bits per heavy atom. The van der Waals surface area contributed by atoms with Gasteiger partial charge in [0.2, 0.25) is 0 Å². The maximum atomic E-state index is 5.99. The van der Waals surface area contributed by atoms with Gasteiger partial charge in [-0.05, 0) is 18.2 Å². The summed E-state index contributed by atoms with van der Waals surface area (Å²) in [6, 6.07) is 5.53. The van der Waals surface area contributed by atoms with E-state index in [0.717, 1.165) is 22.2 Å². The van der Waals surface area contributed by atoms with Crippen LogP contribution in [0.2, 0.25) is 0 Å². The third-order valence-corrected chi connectivity index (χ3v) is 2.52. The Labute approximate surface area is 97.4 Å². The number of fused-ring (bicyclic) bond motifs is 1. The number of rotatable bonds is 1. The first-order valence-electron chi connectivity index (χ1n) is 5.12. The fraction of sp³-hybridized carbons (Fsp3) is 0. The highest BCUT2D eigenvalue weighted by atomic mass is 15.1. The molecule has 0 aliphatic carbocycles. The van der Waals surface area contributed by atoms with E-state index >= 15 is 0 Å². The predicted octanol–water partition coefficient (Wildman–Crippen LogP) is 1.67. The molecule has 3 aromatic heterocycles. The maximum Gasteiger partial charge on any atom is 0.0913 e. The summed E-state index contributed by atoms with van der Waals surface area (Å²) in [5.41, 5.74) is 9.11. The Hall–Kier alpha value is -2.56.